The lowest BCUT2D eigenvalue weighted by atomic mass is 10.1. The molecule has 1 amide bonds. The fourth-order valence-electron chi connectivity index (χ4n) is 2.83. The molecule has 0 saturated carbocycles. The van der Waals surface area contributed by atoms with Crippen LogP contribution in [0, 0.1) is 0 Å². The smallest absolute Gasteiger partial charge is 0.261 e. The highest BCUT2D eigenvalue weighted by atomic mass is 16.5. The van der Waals surface area contributed by atoms with Crippen molar-refractivity contribution >= 4 is 5.91 Å². The molecular formula is C19H17N3O2. The average Bonchev–Trinajstić information content (AvgIpc) is 3.29. The minimum atomic E-state index is -0.437. The first-order chi connectivity index (χ1) is 11.8. The zero-order chi connectivity index (χ0) is 16.4. The van der Waals surface area contributed by atoms with Crippen LogP contribution in [0.2, 0.25) is 0 Å². The SMILES string of the molecule is O=C(NCc1ccc(-n2ccnc2)cc1)[C@H]1Cc2ccccc2O1. The van der Waals surface area contributed by atoms with Crippen LogP contribution in [0.25, 0.3) is 5.69 Å². The zero-order valence-electron chi connectivity index (χ0n) is 13.1. The molecule has 5 nitrogen and oxygen atoms in total. The third-order valence-corrected chi connectivity index (χ3v) is 4.15. The van der Waals surface area contributed by atoms with Crippen molar-refractivity contribution in [3.8, 4) is 11.4 Å². The highest BCUT2D eigenvalue weighted by Gasteiger charge is 2.28. The largest absolute Gasteiger partial charge is 0.480 e. The number of hydrogen-bond acceptors (Lipinski definition) is 3. The summed E-state index contributed by atoms with van der Waals surface area (Å²) in [6.45, 7) is 0.485. The second-order valence-corrected chi connectivity index (χ2v) is 5.77. The third kappa shape index (κ3) is 2.88. The van der Waals surface area contributed by atoms with Crippen LogP contribution in [0.3, 0.4) is 0 Å². The van der Waals surface area contributed by atoms with Crippen molar-refractivity contribution in [2.45, 2.75) is 19.1 Å². The molecule has 1 N–H and O–H groups in total. The predicted octanol–water partition coefficient (Wildman–Crippen LogP) is 2.49. The molecule has 0 bridgehead atoms. The van der Waals surface area contributed by atoms with E-state index < -0.39 is 6.10 Å². The Bertz CT molecular complexity index is 816. The Balaban J connectivity index is 1.35. The maximum absolute atomic E-state index is 12.3. The molecule has 0 spiro atoms. The third-order valence-electron chi connectivity index (χ3n) is 4.15. The number of benzene rings is 2. The van der Waals surface area contributed by atoms with E-state index in [9.17, 15) is 4.79 Å². The number of nitrogens with one attached hydrogen (secondary N) is 1. The Kier molecular flexibility index (Phi) is 3.75. The molecular weight excluding hydrogens is 302 g/mol. The van der Waals surface area contributed by atoms with Gasteiger partial charge < -0.3 is 14.6 Å². The van der Waals surface area contributed by atoms with Crippen LogP contribution in [0.1, 0.15) is 11.1 Å². The monoisotopic (exact) mass is 319 g/mol. The van der Waals surface area contributed by atoms with Crippen molar-refractivity contribution in [2.24, 2.45) is 0 Å². The van der Waals surface area contributed by atoms with Gasteiger partial charge in [-0.1, -0.05) is 30.3 Å². The van der Waals surface area contributed by atoms with Gasteiger partial charge in [-0.3, -0.25) is 4.79 Å². The molecule has 3 aromatic rings. The van der Waals surface area contributed by atoms with Gasteiger partial charge in [0.15, 0.2) is 6.10 Å². The van der Waals surface area contributed by atoms with Gasteiger partial charge in [0.05, 0.1) is 6.33 Å². The Hall–Kier alpha value is -3.08. The Morgan fingerprint density at radius 3 is 2.79 bits per heavy atom. The average molecular weight is 319 g/mol. The molecule has 1 aliphatic rings. The summed E-state index contributed by atoms with van der Waals surface area (Å²) in [6, 6.07) is 15.8. The lowest BCUT2D eigenvalue weighted by molar-refractivity contribution is -0.127. The first-order valence-corrected chi connectivity index (χ1v) is 7.89. The number of amides is 1. The first-order valence-electron chi connectivity index (χ1n) is 7.89. The van der Waals surface area contributed by atoms with Gasteiger partial charge in [0.2, 0.25) is 0 Å². The van der Waals surface area contributed by atoms with E-state index in [0.717, 1.165) is 22.6 Å². The number of aromatic nitrogens is 2. The number of fused-ring (bicyclic) bond motifs is 1. The van der Waals surface area contributed by atoms with Crippen molar-refractivity contribution in [3.63, 3.8) is 0 Å². The molecule has 5 heteroatoms. The van der Waals surface area contributed by atoms with Gasteiger partial charge in [-0.15, -0.1) is 0 Å². The molecule has 1 aliphatic heterocycles. The number of carbonyl (C=O) groups is 1. The molecule has 1 atom stereocenters. The van der Waals surface area contributed by atoms with E-state index in [2.05, 4.69) is 10.3 Å². The second-order valence-electron chi connectivity index (χ2n) is 5.77. The zero-order valence-corrected chi connectivity index (χ0v) is 13.1. The van der Waals surface area contributed by atoms with Gasteiger partial charge in [-0.25, -0.2) is 4.98 Å². The number of nitrogens with zero attached hydrogens (tertiary/aromatic N) is 2. The molecule has 1 aromatic heterocycles. The second kappa shape index (κ2) is 6.20. The lowest BCUT2D eigenvalue weighted by Crippen LogP contribution is -2.37. The minimum Gasteiger partial charge on any atom is -0.480 e. The van der Waals surface area contributed by atoms with E-state index in [1.165, 1.54) is 0 Å². The maximum atomic E-state index is 12.3. The molecule has 24 heavy (non-hydrogen) atoms. The Labute approximate surface area is 139 Å². The fourth-order valence-corrected chi connectivity index (χ4v) is 2.83. The molecule has 0 saturated heterocycles. The molecule has 0 aliphatic carbocycles. The van der Waals surface area contributed by atoms with Gasteiger partial charge in [0.25, 0.3) is 5.91 Å². The van der Waals surface area contributed by atoms with Crippen molar-refractivity contribution < 1.29 is 9.53 Å². The molecule has 120 valence electrons. The van der Waals surface area contributed by atoms with E-state index in [1.54, 1.807) is 12.5 Å². The van der Waals surface area contributed by atoms with Crippen LogP contribution in [-0.2, 0) is 17.8 Å². The van der Waals surface area contributed by atoms with Crippen LogP contribution in [0.4, 0.5) is 0 Å². The number of carbonyl (C=O) groups excluding carboxylic acids is 1. The molecule has 0 fully saturated rings. The molecule has 2 aromatic carbocycles. The van der Waals surface area contributed by atoms with E-state index in [-0.39, 0.29) is 5.91 Å². The molecule has 4 rings (SSSR count). The summed E-state index contributed by atoms with van der Waals surface area (Å²) in [5.74, 6) is 0.729. The van der Waals surface area contributed by atoms with Crippen molar-refractivity contribution in [1.82, 2.24) is 14.9 Å². The number of ether oxygens (including phenoxy) is 1. The number of para-hydroxylation sites is 1. The standard InChI is InChI=1S/C19H17N3O2/c23-19(18-11-15-3-1-2-4-17(15)24-18)21-12-14-5-7-16(8-6-14)22-10-9-20-13-22/h1-10,13,18H,11-12H2,(H,21,23)/t18-/m1/s1. The minimum absolute atomic E-state index is 0.0788. The molecule has 0 radical (unpaired) electrons. The summed E-state index contributed by atoms with van der Waals surface area (Å²) in [7, 11) is 0. The summed E-state index contributed by atoms with van der Waals surface area (Å²) in [4.78, 5) is 16.3. The van der Waals surface area contributed by atoms with Crippen LogP contribution in [0.15, 0.2) is 67.3 Å². The normalized spacial score (nSPS) is 15.6. The van der Waals surface area contributed by atoms with Crippen LogP contribution in [-0.4, -0.2) is 21.6 Å². The summed E-state index contributed by atoms with van der Waals surface area (Å²) in [5, 5.41) is 2.95. The topological polar surface area (TPSA) is 56.2 Å². The van der Waals surface area contributed by atoms with Gasteiger partial charge in [-0.05, 0) is 29.3 Å². The van der Waals surface area contributed by atoms with E-state index >= 15 is 0 Å². The lowest BCUT2D eigenvalue weighted by Gasteiger charge is -2.11. The quantitative estimate of drug-likeness (QED) is 0.804. The number of imidazole rings is 1. The van der Waals surface area contributed by atoms with Crippen molar-refractivity contribution in [1.29, 1.82) is 0 Å². The van der Waals surface area contributed by atoms with Gasteiger partial charge in [0, 0.05) is 31.0 Å². The van der Waals surface area contributed by atoms with Crippen LogP contribution < -0.4 is 10.1 Å². The highest BCUT2D eigenvalue weighted by molar-refractivity contribution is 5.82. The van der Waals surface area contributed by atoms with Gasteiger partial charge in [-0.2, -0.15) is 0 Å². The summed E-state index contributed by atoms with van der Waals surface area (Å²) >= 11 is 0. The predicted molar refractivity (Wildman–Crippen MR) is 90.0 cm³/mol. The van der Waals surface area contributed by atoms with Gasteiger partial charge in [0.1, 0.15) is 5.75 Å². The number of rotatable bonds is 4. The van der Waals surface area contributed by atoms with Crippen molar-refractivity contribution in [3.05, 3.63) is 78.4 Å². The fraction of sp³-hybridized carbons (Fsp3) is 0.158. The van der Waals surface area contributed by atoms with Crippen LogP contribution >= 0.6 is 0 Å². The first kappa shape index (κ1) is 14.5. The van der Waals surface area contributed by atoms with Gasteiger partial charge >= 0.3 is 0 Å². The van der Waals surface area contributed by atoms with Crippen molar-refractivity contribution in [2.75, 3.05) is 0 Å². The summed E-state index contributed by atoms with van der Waals surface area (Å²) in [6.07, 6.45) is 5.58. The molecule has 2 heterocycles. The molecule has 0 unspecified atom stereocenters. The summed E-state index contributed by atoms with van der Waals surface area (Å²) < 4.78 is 7.64. The Morgan fingerprint density at radius 1 is 1.21 bits per heavy atom. The van der Waals surface area contributed by atoms with E-state index in [1.807, 2.05) is 59.3 Å². The number of hydrogen-bond donors (Lipinski definition) is 1. The van der Waals surface area contributed by atoms with E-state index in [4.69, 9.17) is 4.74 Å². The maximum Gasteiger partial charge on any atom is 0.261 e. The van der Waals surface area contributed by atoms with Crippen LogP contribution in [0.5, 0.6) is 5.75 Å². The Morgan fingerprint density at radius 2 is 2.04 bits per heavy atom. The van der Waals surface area contributed by atoms with E-state index in [0.29, 0.717) is 13.0 Å². The summed E-state index contributed by atoms with van der Waals surface area (Å²) in [5.41, 5.74) is 3.17. The highest BCUT2D eigenvalue weighted by Crippen LogP contribution is 2.28.